The summed E-state index contributed by atoms with van der Waals surface area (Å²) < 4.78 is 5.41. The Hall–Kier alpha value is -1.70. The molecule has 2 rings (SSSR count). The number of aliphatic hydroxyl groups is 1. The molecule has 7 heteroatoms. The second kappa shape index (κ2) is 7.35. The highest BCUT2D eigenvalue weighted by molar-refractivity contribution is 5.62. The third kappa shape index (κ3) is 4.13. The van der Waals surface area contributed by atoms with Crippen LogP contribution in [0.3, 0.4) is 0 Å². The van der Waals surface area contributed by atoms with E-state index >= 15 is 0 Å². The number of hydrogen-bond acceptors (Lipinski definition) is 6. The summed E-state index contributed by atoms with van der Waals surface area (Å²) in [4.78, 5) is 12.8. The topological polar surface area (TPSA) is 87.9 Å². The maximum atomic E-state index is 11.0. The van der Waals surface area contributed by atoms with Gasteiger partial charge < -0.3 is 15.2 Å². The van der Waals surface area contributed by atoms with Gasteiger partial charge in [0.15, 0.2) is 0 Å². The van der Waals surface area contributed by atoms with Crippen molar-refractivity contribution in [3.05, 3.63) is 33.9 Å². The van der Waals surface area contributed by atoms with E-state index in [4.69, 9.17) is 9.84 Å². The van der Waals surface area contributed by atoms with Crippen molar-refractivity contribution < 1.29 is 14.8 Å². The summed E-state index contributed by atoms with van der Waals surface area (Å²) in [5.41, 5.74) is 1.65. The van der Waals surface area contributed by atoms with Crippen molar-refractivity contribution in [2.45, 2.75) is 19.6 Å². The van der Waals surface area contributed by atoms with Crippen LogP contribution in [0.5, 0.6) is 0 Å². The number of nitro benzene ring substituents is 1. The molecule has 2 N–H and O–H groups in total. The minimum atomic E-state index is -0.377. The summed E-state index contributed by atoms with van der Waals surface area (Å²) in [7, 11) is 0. The lowest BCUT2D eigenvalue weighted by atomic mass is 10.1. The first-order chi connectivity index (χ1) is 10.1. The minimum Gasteiger partial charge on any atom is -0.394 e. The lowest BCUT2D eigenvalue weighted by molar-refractivity contribution is -0.384. The van der Waals surface area contributed by atoms with E-state index in [2.05, 4.69) is 10.2 Å². The molecule has 1 saturated heterocycles. The maximum Gasteiger partial charge on any atom is 0.292 e. The van der Waals surface area contributed by atoms with Crippen LogP contribution in [0.2, 0.25) is 0 Å². The predicted octanol–water partition coefficient (Wildman–Crippen LogP) is 1.22. The normalized spacial score (nSPS) is 19.4. The van der Waals surface area contributed by atoms with E-state index in [0.717, 1.165) is 12.1 Å². The monoisotopic (exact) mass is 295 g/mol. The highest BCUT2D eigenvalue weighted by Gasteiger charge is 2.20. The van der Waals surface area contributed by atoms with Gasteiger partial charge in [0.05, 0.1) is 24.2 Å². The van der Waals surface area contributed by atoms with Crippen LogP contribution in [-0.2, 0) is 11.3 Å². The Kier molecular flexibility index (Phi) is 5.49. The molecule has 1 aromatic rings. The molecule has 0 radical (unpaired) electrons. The molecule has 1 unspecified atom stereocenters. The molecule has 1 aliphatic rings. The lowest BCUT2D eigenvalue weighted by Crippen LogP contribution is -2.43. The van der Waals surface area contributed by atoms with Gasteiger partial charge in [0.25, 0.3) is 5.69 Å². The molecule has 0 aliphatic carbocycles. The first-order valence-corrected chi connectivity index (χ1v) is 7.10. The third-order valence-electron chi connectivity index (χ3n) is 3.46. The molecule has 0 amide bonds. The molecule has 0 aromatic heterocycles. The van der Waals surface area contributed by atoms with Crippen LogP contribution in [0.25, 0.3) is 0 Å². The van der Waals surface area contributed by atoms with Crippen molar-refractivity contribution >= 4 is 11.4 Å². The predicted molar refractivity (Wildman–Crippen MR) is 79.4 cm³/mol. The van der Waals surface area contributed by atoms with E-state index in [0.29, 0.717) is 31.9 Å². The molecule has 1 heterocycles. The highest BCUT2D eigenvalue weighted by atomic mass is 16.6. The van der Waals surface area contributed by atoms with Gasteiger partial charge in [-0.1, -0.05) is 6.07 Å². The van der Waals surface area contributed by atoms with Crippen molar-refractivity contribution in [3.63, 3.8) is 0 Å². The van der Waals surface area contributed by atoms with Gasteiger partial charge in [-0.05, 0) is 18.6 Å². The second-order valence-electron chi connectivity index (χ2n) is 5.05. The van der Waals surface area contributed by atoms with Gasteiger partial charge in [0.1, 0.15) is 5.69 Å². The molecule has 0 spiro atoms. The van der Waals surface area contributed by atoms with E-state index in [1.165, 1.54) is 6.07 Å². The fraction of sp³-hybridized carbons (Fsp3) is 0.571. The number of benzene rings is 1. The number of nitrogens with zero attached hydrogens (tertiary/aromatic N) is 2. The molecule has 1 fully saturated rings. The molecule has 1 atom stereocenters. The SMILES string of the molecule is CCNc1cc(CN2CCOC(CO)C2)ccc1[N+](=O)[O-]. The molecular formula is C14H21N3O4. The van der Waals surface area contributed by atoms with Crippen molar-refractivity contribution in [1.82, 2.24) is 4.90 Å². The fourth-order valence-corrected chi connectivity index (χ4v) is 2.47. The Bertz CT molecular complexity index is 495. The van der Waals surface area contributed by atoms with Crippen molar-refractivity contribution in [2.75, 3.05) is 38.2 Å². The highest BCUT2D eigenvalue weighted by Crippen LogP contribution is 2.26. The van der Waals surface area contributed by atoms with Crippen LogP contribution in [0, 0.1) is 10.1 Å². The molecule has 1 aliphatic heterocycles. The number of hydrogen-bond donors (Lipinski definition) is 2. The van der Waals surface area contributed by atoms with Gasteiger partial charge >= 0.3 is 0 Å². The Morgan fingerprint density at radius 3 is 3.05 bits per heavy atom. The average molecular weight is 295 g/mol. The van der Waals surface area contributed by atoms with Crippen LogP contribution in [0.4, 0.5) is 11.4 Å². The lowest BCUT2D eigenvalue weighted by Gasteiger charge is -2.32. The number of nitro groups is 1. The number of aliphatic hydroxyl groups excluding tert-OH is 1. The van der Waals surface area contributed by atoms with Crippen LogP contribution in [0.15, 0.2) is 18.2 Å². The van der Waals surface area contributed by atoms with Crippen LogP contribution < -0.4 is 5.32 Å². The van der Waals surface area contributed by atoms with E-state index < -0.39 is 0 Å². The molecule has 0 bridgehead atoms. The summed E-state index contributed by atoms with van der Waals surface area (Å²) in [5, 5.41) is 23.2. The van der Waals surface area contributed by atoms with E-state index in [1.807, 2.05) is 13.0 Å². The van der Waals surface area contributed by atoms with Gasteiger partial charge in [0, 0.05) is 32.2 Å². The quantitative estimate of drug-likeness (QED) is 0.606. The Labute approximate surface area is 123 Å². The van der Waals surface area contributed by atoms with Gasteiger partial charge in [-0.3, -0.25) is 15.0 Å². The standard InChI is InChI=1S/C14H21N3O4/c1-2-15-13-7-11(3-4-14(13)17(19)20)8-16-5-6-21-12(9-16)10-18/h3-4,7,12,15,18H,2,5-6,8-10H2,1H3. The number of nitrogens with one attached hydrogen (secondary N) is 1. The largest absolute Gasteiger partial charge is 0.394 e. The summed E-state index contributed by atoms with van der Waals surface area (Å²) in [6.45, 7) is 5.31. The first kappa shape index (κ1) is 15.7. The zero-order chi connectivity index (χ0) is 15.2. The Morgan fingerprint density at radius 1 is 1.57 bits per heavy atom. The Balaban J connectivity index is 2.09. The average Bonchev–Trinajstić information content (AvgIpc) is 2.48. The summed E-state index contributed by atoms with van der Waals surface area (Å²) in [6, 6.07) is 5.14. The molecule has 21 heavy (non-hydrogen) atoms. The van der Waals surface area contributed by atoms with E-state index in [1.54, 1.807) is 6.07 Å². The zero-order valence-corrected chi connectivity index (χ0v) is 12.1. The molecule has 0 saturated carbocycles. The van der Waals surface area contributed by atoms with Crippen molar-refractivity contribution in [2.24, 2.45) is 0 Å². The summed E-state index contributed by atoms with van der Waals surface area (Å²) in [5.74, 6) is 0. The second-order valence-corrected chi connectivity index (χ2v) is 5.05. The van der Waals surface area contributed by atoms with Crippen molar-refractivity contribution in [3.8, 4) is 0 Å². The number of ether oxygens (including phenoxy) is 1. The van der Waals surface area contributed by atoms with Gasteiger partial charge in [-0.15, -0.1) is 0 Å². The molecule has 1 aromatic carbocycles. The van der Waals surface area contributed by atoms with Gasteiger partial charge in [-0.25, -0.2) is 0 Å². The number of anilines is 1. The molecular weight excluding hydrogens is 274 g/mol. The maximum absolute atomic E-state index is 11.0. The van der Waals surface area contributed by atoms with Crippen LogP contribution in [0.1, 0.15) is 12.5 Å². The molecule has 7 nitrogen and oxygen atoms in total. The van der Waals surface area contributed by atoms with E-state index in [-0.39, 0.29) is 23.3 Å². The van der Waals surface area contributed by atoms with Crippen LogP contribution in [-0.4, -0.2) is 53.9 Å². The number of rotatable bonds is 6. The van der Waals surface area contributed by atoms with Crippen molar-refractivity contribution in [1.29, 1.82) is 0 Å². The minimum absolute atomic E-state index is 0.0133. The first-order valence-electron chi connectivity index (χ1n) is 7.10. The zero-order valence-electron chi connectivity index (χ0n) is 12.1. The van der Waals surface area contributed by atoms with Crippen LogP contribution >= 0.6 is 0 Å². The summed E-state index contributed by atoms with van der Waals surface area (Å²) >= 11 is 0. The van der Waals surface area contributed by atoms with E-state index in [9.17, 15) is 10.1 Å². The Morgan fingerprint density at radius 2 is 2.38 bits per heavy atom. The smallest absolute Gasteiger partial charge is 0.292 e. The van der Waals surface area contributed by atoms with Gasteiger partial charge in [0.2, 0.25) is 0 Å². The number of morpholine rings is 1. The van der Waals surface area contributed by atoms with Gasteiger partial charge in [-0.2, -0.15) is 0 Å². The molecule has 116 valence electrons. The summed E-state index contributed by atoms with van der Waals surface area (Å²) in [6.07, 6.45) is -0.148. The third-order valence-corrected chi connectivity index (χ3v) is 3.46. The fourth-order valence-electron chi connectivity index (χ4n) is 2.47.